The lowest BCUT2D eigenvalue weighted by Crippen LogP contribution is -2.62. The summed E-state index contributed by atoms with van der Waals surface area (Å²) in [5, 5.41) is 11.4. The summed E-state index contributed by atoms with van der Waals surface area (Å²) in [4.78, 5) is 34.1. The van der Waals surface area contributed by atoms with Crippen LogP contribution in [0.15, 0.2) is 24.5 Å². The summed E-state index contributed by atoms with van der Waals surface area (Å²) in [7, 11) is 0. The summed E-state index contributed by atoms with van der Waals surface area (Å²) in [5.41, 5.74) is -0.438. The fraction of sp³-hybridized carbons (Fsp3) is 0.577. The van der Waals surface area contributed by atoms with Crippen molar-refractivity contribution in [3.05, 3.63) is 41.6 Å². The zero-order valence-electron chi connectivity index (χ0n) is 22.2. The molecule has 0 bridgehead atoms. The van der Waals surface area contributed by atoms with Gasteiger partial charge in [0.1, 0.15) is 29.2 Å². The van der Waals surface area contributed by atoms with Crippen molar-refractivity contribution in [2.45, 2.75) is 65.6 Å². The highest BCUT2D eigenvalue weighted by Gasteiger charge is 2.59. The van der Waals surface area contributed by atoms with Crippen molar-refractivity contribution in [3.8, 4) is 11.6 Å². The molecule has 0 saturated carbocycles. The molecule has 1 aromatic heterocycles. The van der Waals surface area contributed by atoms with Crippen molar-refractivity contribution >= 4 is 12.0 Å². The average Bonchev–Trinajstić information content (AvgIpc) is 3.31. The maximum atomic E-state index is 14.2. The Morgan fingerprint density at radius 1 is 1.32 bits per heavy atom. The zero-order chi connectivity index (χ0) is 27.0. The predicted molar refractivity (Wildman–Crippen MR) is 134 cm³/mol. The van der Waals surface area contributed by atoms with Gasteiger partial charge >= 0.3 is 6.09 Å². The van der Waals surface area contributed by atoms with Gasteiger partial charge in [0, 0.05) is 31.1 Å². The average molecular weight is 515 g/mol. The van der Waals surface area contributed by atoms with E-state index in [1.54, 1.807) is 9.80 Å². The molecule has 10 nitrogen and oxygen atoms in total. The smallest absolute Gasteiger partial charge is 0.410 e. The maximum Gasteiger partial charge on any atom is 0.410 e. The summed E-state index contributed by atoms with van der Waals surface area (Å²) in [5.74, 6) is -0.726. The van der Waals surface area contributed by atoms with E-state index in [2.05, 4.69) is 20.5 Å². The summed E-state index contributed by atoms with van der Waals surface area (Å²) < 4.78 is 26.0. The number of likely N-dealkylation sites (tertiary alicyclic amines) is 1. The lowest BCUT2D eigenvalue weighted by molar-refractivity contribution is -0.0762. The van der Waals surface area contributed by atoms with Gasteiger partial charge in [0.25, 0.3) is 11.8 Å². The fourth-order valence-corrected chi connectivity index (χ4v) is 5.09. The molecule has 2 fully saturated rings. The Bertz CT molecular complexity index is 1160. The molecule has 2 amide bonds. The first kappa shape index (κ1) is 26.7. The van der Waals surface area contributed by atoms with Gasteiger partial charge in [0.2, 0.25) is 0 Å². The number of nitrogens with one attached hydrogen (secondary N) is 1. The molecule has 2 aliphatic rings. The van der Waals surface area contributed by atoms with Crippen molar-refractivity contribution < 1.29 is 23.5 Å². The van der Waals surface area contributed by atoms with Crippen LogP contribution in [0.25, 0.3) is 0 Å². The van der Waals surface area contributed by atoms with Crippen LogP contribution in [0, 0.1) is 11.2 Å². The number of amides is 2. The Balaban J connectivity index is 1.71. The highest BCUT2D eigenvalue weighted by molar-refractivity contribution is 5.97. The lowest BCUT2D eigenvalue weighted by atomic mass is 9.69. The number of carbonyl (C=O) groups excluding carboxylic acids is 2. The molecule has 1 N–H and O–H groups in total. The Morgan fingerprint density at radius 2 is 2.08 bits per heavy atom. The third-order valence-corrected chi connectivity index (χ3v) is 6.76. The zero-order valence-corrected chi connectivity index (χ0v) is 22.2. The van der Waals surface area contributed by atoms with E-state index >= 15 is 0 Å². The molecule has 0 radical (unpaired) electrons. The third kappa shape index (κ3) is 5.36. The van der Waals surface area contributed by atoms with Gasteiger partial charge in [-0.05, 0) is 72.7 Å². The van der Waals surface area contributed by atoms with E-state index in [1.165, 1.54) is 18.5 Å². The molecule has 2 aromatic rings. The standard InChI is InChI=1S/C26H35FN6O4/c1-7-32(16(2)3)23(34)18-12-17(27)8-9-19(18)36-22-20(29-15-30-31-22)21-26(10-11-28-13-26)14-33(21)24(35)37-25(4,5)6/h8-9,12,15-16,21,28H,7,10-11,13-14H2,1-6H3. The molecule has 0 aliphatic carbocycles. The van der Waals surface area contributed by atoms with Crippen LogP contribution < -0.4 is 10.1 Å². The Hall–Kier alpha value is -3.34. The van der Waals surface area contributed by atoms with Crippen LogP contribution in [0.4, 0.5) is 9.18 Å². The molecule has 2 atom stereocenters. The summed E-state index contributed by atoms with van der Waals surface area (Å²) in [6, 6.07) is 3.22. The first-order valence-electron chi connectivity index (χ1n) is 12.6. The van der Waals surface area contributed by atoms with Crippen molar-refractivity contribution in [3.63, 3.8) is 0 Å². The largest absolute Gasteiger partial charge is 0.444 e. The van der Waals surface area contributed by atoms with Gasteiger partial charge < -0.3 is 19.7 Å². The monoisotopic (exact) mass is 514 g/mol. The van der Waals surface area contributed by atoms with E-state index in [-0.39, 0.29) is 34.6 Å². The molecule has 2 saturated heterocycles. The van der Waals surface area contributed by atoms with Crippen LogP contribution in [-0.4, -0.2) is 74.8 Å². The second-order valence-corrected chi connectivity index (χ2v) is 10.9. The van der Waals surface area contributed by atoms with Gasteiger partial charge in [0.15, 0.2) is 0 Å². The van der Waals surface area contributed by atoms with Crippen molar-refractivity contribution in [1.29, 1.82) is 0 Å². The van der Waals surface area contributed by atoms with Gasteiger partial charge in [-0.25, -0.2) is 14.2 Å². The van der Waals surface area contributed by atoms with Crippen LogP contribution in [0.5, 0.6) is 11.6 Å². The molecule has 3 heterocycles. The number of hydrogen-bond acceptors (Lipinski definition) is 8. The number of benzene rings is 1. The molecular weight excluding hydrogens is 479 g/mol. The molecular formula is C26H35FN6O4. The van der Waals surface area contributed by atoms with Gasteiger partial charge in [-0.15, -0.1) is 10.2 Å². The second kappa shape index (κ2) is 10.2. The summed E-state index contributed by atoms with van der Waals surface area (Å²) in [6.07, 6.45) is 1.69. The lowest BCUT2D eigenvalue weighted by Gasteiger charge is -2.54. The minimum Gasteiger partial charge on any atom is -0.444 e. The van der Waals surface area contributed by atoms with Crippen molar-refractivity contribution in [2.24, 2.45) is 5.41 Å². The molecule has 11 heteroatoms. The highest BCUT2D eigenvalue weighted by Crippen LogP contribution is 2.54. The number of nitrogens with zero attached hydrogens (tertiary/aromatic N) is 5. The van der Waals surface area contributed by atoms with E-state index < -0.39 is 23.6 Å². The SMILES string of the molecule is CCN(C(=O)c1cc(F)ccc1Oc1nncnc1C1N(C(=O)OC(C)(C)C)CC12CCNC2)C(C)C. The molecule has 37 heavy (non-hydrogen) atoms. The fourth-order valence-electron chi connectivity index (χ4n) is 5.09. The summed E-state index contributed by atoms with van der Waals surface area (Å²) >= 11 is 0. The van der Waals surface area contributed by atoms with Crippen LogP contribution in [0.3, 0.4) is 0 Å². The number of ether oxygens (including phenoxy) is 2. The second-order valence-electron chi connectivity index (χ2n) is 10.9. The molecule has 4 rings (SSSR count). The number of halogens is 1. The number of hydrogen-bond donors (Lipinski definition) is 1. The highest BCUT2D eigenvalue weighted by atomic mass is 19.1. The molecule has 200 valence electrons. The number of rotatable bonds is 6. The quantitative estimate of drug-likeness (QED) is 0.617. The van der Waals surface area contributed by atoms with E-state index in [0.29, 0.717) is 25.3 Å². The van der Waals surface area contributed by atoms with E-state index in [0.717, 1.165) is 19.0 Å². The van der Waals surface area contributed by atoms with Gasteiger partial charge in [-0.3, -0.25) is 9.69 Å². The van der Waals surface area contributed by atoms with Crippen LogP contribution in [-0.2, 0) is 4.74 Å². The predicted octanol–water partition coefficient (Wildman–Crippen LogP) is 3.95. The maximum absolute atomic E-state index is 14.2. The molecule has 1 aromatic carbocycles. The van der Waals surface area contributed by atoms with E-state index in [4.69, 9.17) is 9.47 Å². The number of carbonyl (C=O) groups is 2. The minimum atomic E-state index is -0.660. The molecule has 2 aliphatic heterocycles. The number of aromatic nitrogens is 3. The third-order valence-electron chi connectivity index (χ3n) is 6.76. The van der Waals surface area contributed by atoms with Gasteiger partial charge in [0.05, 0.1) is 11.6 Å². The topological polar surface area (TPSA) is 110 Å². The Labute approximate surface area is 216 Å². The molecule has 1 spiro atoms. The van der Waals surface area contributed by atoms with Gasteiger partial charge in [-0.1, -0.05) is 0 Å². The Kier molecular flexibility index (Phi) is 7.36. The first-order valence-corrected chi connectivity index (χ1v) is 12.6. The van der Waals surface area contributed by atoms with Crippen LogP contribution >= 0.6 is 0 Å². The van der Waals surface area contributed by atoms with Gasteiger partial charge in [-0.2, -0.15) is 0 Å². The van der Waals surface area contributed by atoms with E-state index in [1.807, 2.05) is 41.5 Å². The minimum absolute atomic E-state index is 0.0558. The van der Waals surface area contributed by atoms with Crippen molar-refractivity contribution in [1.82, 2.24) is 30.3 Å². The van der Waals surface area contributed by atoms with Crippen LogP contribution in [0.2, 0.25) is 0 Å². The van der Waals surface area contributed by atoms with Crippen molar-refractivity contribution in [2.75, 3.05) is 26.2 Å². The van der Waals surface area contributed by atoms with Crippen LogP contribution in [0.1, 0.15) is 70.1 Å². The normalized spacial score (nSPS) is 21.2. The Morgan fingerprint density at radius 3 is 2.70 bits per heavy atom. The first-order chi connectivity index (χ1) is 17.5. The summed E-state index contributed by atoms with van der Waals surface area (Å²) in [6.45, 7) is 13.6. The molecule has 2 unspecified atom stereocenters. The van der Waals surface area contributed by atoms with E-state index in [9.17, 15) is 14.0 Å².